The van der Waals surface area contributed by atoms with E-state index < -0.39 is 19.9 Å². The van der Waals surface area contributed by atoms with Crippen LogP contribution in [0.5, 0.6) is 0 Å². The minimum atomic E-state index is -3.75. The number of nitrogens with one attached hydrogen (secondary N) is 1. The van der Waals surface area contributed by atoms with Crippen molar-refractivity contribution in [2.24, 2.45) is 5.14 Å². The first-order valence-electron chi connectivity index (χ1n) is 6.28. The van der Waals surface area contributed by atoms with E-state index in [9.17, 15) is 16.8 Å². The lowest BCUT2D eigenvalue weighted by molar-refractivity contribution is 0.559. The molecule has 20 heavy (non-hydrogen) atoms. The largest absolute Gasteiger partial charge is 0.382 e. The van der Waals surface area contributed by atoms with E-state index in [0.29, 0.717) is 24.1 Å². The van der Waals surface area contributed by atoms with Crippen molar-refractivity contribution >= 4 is 25.5 Å². The molecule has 1 aromatic rings. The molecule has 8 heteroatoms. The summed E-state index contributed by atoms with van der Waals surface area (Å²) in [5.41, 5.74) is 1.23. The van der Waals surface area contributed by atoms with Crippen LogP contribution in [0.4, 0.5) is 5.69 Å². The molecule has 0 amide bonds. The molecular formula is C12H18N2O4S2. The maximum atomic E-state index is 11.5. The number of primary sulfonamides is 1. The van der Waals surface area contributed by atoms with Crippen molar-refractivity contribution in [2.75, 3.05) is 16.8 Å². The lowest BCUT2D eigenvalue weighted by Crippen LogP contribution is -2.32. The molecule has 0 saturated carbocycles. The molecule has 1 fully saturated rings. The van der Waals surface area contributed by atoms with E-state index in [1.165, 1.54) is 6.07 Å². The molecular weight excluding hydrogens is 300 g/mol. The number of anilines is 1. The van der Waals surface area contributed by atoms with Gasteiger partial charge in [-0.2, -0.15) is 0 Å². The van der Waals surface area contributed by atoms with Crippen molar-refractivity contribution in [3.63, 3.8) is 0 Å². The number of aryl methyl sites for hydroxylation is 1. The van der Waals surface area contributed by atoms with Gasteiger partial charge < -0.3 is 5.32 Å². The Bertz CT molecular complexity index is 697. The molecule has 1 heterocycles. The third-order valence-corrected chi connectivity index (χ3v) is 6.19. The highest BCUT2D eigenvalue weighted by atomic mass is 32.2. The molecule has 3 N–H and O–H groups in total. The summed E-state index contributed by atoms with van der Waals surface area (Å²) in [6, 6.07) is 4.98. The number of sulfone groups is 1. The summed E-state index contributed by atoms with van der Waals surface area (Å²) in [7, 11) is -6.65. The van der Waals surface area contributed by atoms with Crippen LogP contribution in [0.1, 0.15) is 18.4 Å². The van der Waals surface area contributed by atoms with Gasteiger partial charge in [0.2, 0.25) is 10.0 Å². The molecule has 6 nitrogen and oxygen atoms in total. The molecule has 0 atom stereocenters. The molecule has 1 aromatic carbocycles. The Hall–Kier alpha value is -1.12. The van der Waals surface area contributed by atoms with Crippen LogP contribution in [-0.4, -0.2) is 34.4 Å². The summed E-state index contributed by atoms with van der Waals surface area (Å²) in [4.78, 5) is 0.0888. The molecule has 0 aromatic heterocycles. The summed E-state index contributed by atoms with van der Waals surface area (Å²) in [5, 5.41) is 8.33. The molecule has 0 spiro atoms. The van der Waals surface area contributed by atoms with Crippen LogP contribution in [0, 0.1) is 6.92 Å². The first-order chi connectivity index (χ1) is 9.17. The van der Waals surface area contributed by atoms with Gasteiger partial charge in [0.25, 0.3) is 0 Å². The van der Waals surface area contributed by atoms with Gasteiger partial charge in [-0.25, -0.2) is 22.0 Å². The minimum Gasteiger partial charge on any atom is -0.382 e. The summed E-state index contributed by atoms with van der Waals surface area (Å²) < 4.78 is 45.6. The highest BCUT2D eigenvalue weighted by Crippen LogP contribution is 2.22. The van der Waals surface area contributed by atoms with E-state index in [2.05, 4.69) is 5.32 Å². The second-order valence-electron chi connectivity index (χ2n) is 5.10. The maximum absolute atomic E-state index is 11.5. The van der Waals surface area contributed by atoms with Crippen molar-refractivity contribution in [3.8, 4) is 0 Å². The van der Waals surface area contributed by atoms with Crippen LogP contribution >= 0.6 is 0 Å². The van der Waals surface area contributed by atoms with E-state index >= 15 is 0 Å². The topological polar surface area (TPSA) is 106 Å². The number of nitrogens with two attached hydrogens (primary N) is 1. The van der Waals surface area contributed by atoms with E-state index in [4.69, 9.17) is 5.14 Å². The van der Waals surface area contributed by atoms with Gasteiger partial charge in [-0.1, -0.05) is 6.07 Å². The van der Waals surface area contributed by atoms with Crippen LogP contribution in [-0.2, 0) is 19.9 Å². The van der Waals surface area contributed by atoms with Crippen molar-refractivity contribution in [1.29, 1.82) is 0 Å². The minimum absolute atomic E-state index is 0.0366. The number of hydrogen-bond acceptors (Lipinski definition) is 5. The van der Waals surface area contributed by atoms with Crippen LogP contribution in [0.25, 0.3) is 0 Å². The van der Waals surface area contributed by atoms with E-state index in [0.717, 1.165) is 0 Å². The first kappa shape index (κ1) is 15.3. The second-order valence-corrected chi connectivity index (χ2v) is 8.93. The van der Waals surface area contributed by atoms with E-state index in [1.54, 1.807) is 19.1 Å². The standard InChI is InChI=1S/C12H18N2O4S2/c1-9-2-3-11(8-12(9)20(13,17)18)14-10-4-6-19(15,16)7-5-10/h2-3,8,10,14H,4-7H2,1H3,(H2,13,17,18). The van der Waals surface area contributed by atoms with Gasteiger partial charge in [0.1, 0.15) is 9.84 Å². The second kappa shape index (κ2) is 5.34. The number of benzene rings is 1. The summed E-state index contributed by atoms with van der Waals surface area (Å²) >= 11 is 0. The van der Waals surface area contributed by atoms with Crippen molar-refractivity contribution in [2.45, 2.75) is 30.7 Å². The normalized spacial score (nSPS) is 19.7. The third kappa shape index (κ3) is 3.71. The fourth-order valence-corrected chi connectivity index (χ4v) is 4.57. The first-order valence-corrected chi connectivity index (χ1v) is 9.64. The van der Waals surface area contributed by atoms with Gasteiger partial charge in [-0.05, 0) is 37.5 Å². The summed E-state index contributed by atoms with van der Waals surface area (Å²) in [5.74, 6) is 0.331. The lowest BCUT2D eigenvalue weighted by atomic mass is 10.1. The van der Waals surface area contributed by atoms with Gasteiger partial charge in [-0.3, -0.25) is 0 Å². The molecule has 0 bridgehead atoms. The van der Waals surface area contributed by atoms with Crippen LogP contribution < -0.4 is 10.5 Å². The van der Waals surface area contributed by atoms with Crippen LogP contribution in [0.3, 0.4) is 0 Å². The van der Waals surface area contributed by atoms with Crippen molar-refractivity contribution in [1.82, 2.24) is 0 Å². The zero-order valence-corrected chi connectivity index (χ0v) is 12.8. The highest BCUT2D eigenvalue weighted by molar-refractivity contribution is 7.91. The number of sulfonamides is 1. The molecule has 1 aliphatic rings. The Morgan fingerprint density at radius 1 is 1.25 bits per heavy atom. The molecule has 1 aliphatic heterocycles. The van der Waals surface area contributed by atoms with Gasteiger partial charge >= 0.3 is 0 Å². The smallest absolute Gasteiger partial charge is 0.238 e. The molecule has 1 saturated heterocycles. The molecule has 0 aliphatic carbocycles. The predicted octanol–water partition coefficient (Wildman–Crippen LogP) is 0.632. The van der Waals surface area contributed by atoms with Gasteiger partial charge in [-0.15, -0.1) is 0 Å². The van der Waals surface area contributed by atoms with Gasteiger partial charge in [0.15, 0.2) is 0 Å². The van der Waals surface area contributed by atoms with Crippen molar-refractivity contribution < 1.29 is 16.8 Å². The predicted molar refractivity (Wildman–Crippen MR) is 77.9 cm³/mol. The van der Waals surface area contributed by atoms with Crippen LogP contribution in [0.2, 0.25) is 0 Å². The fraction of sp³-hybridized carbons (Fsp3) is 0.500. The summed E-state index contributed by atoms with van der Waals surface area (Å²) in [6.07, 6.45) is 1.06. The van der Waals surface area contributed by atoms with E-state index in [1.807, 2.05) is 0 Å². The van der Waals surface area contributed by atoms with Crippen LogP contribution in [0.15, 0.2) is 23.1 Å². The fourth-order valence-electron chi connectivity index (χ4n) is 2.27. The monoisotopic (exact) mass is 318 g/mol. The molecule has 0 unspecified atom stereocenters. The maximum Gasteiger partial charge on any atom is 0.238 e. The Balaban J connectivity index is 2.15. The van der Waals surface area contributed by atoms with Gasteiger partial charge in [0, 0.05) is 11.7 Å². The Morgan fingerprint density at radius 2 is 1.85 bits per heavy atom. The average molecular weight is 318 g/mol. The zero-order chi connectivity index (χ0) is 15.0. The Labute approximate surface area is 119 Å². The highest BCUT2D eigenvalue weighted by Gasteiger charge is 2.23. The third-order valence-electron chi connectivity index (χ3n) is 3.42. The average Bonchev–Trinajstić information content (AvgIpc) is 2.33. The lowest BCUT2D eigenvalue weighted by Gasteiger charge is -2.24. The van der Waals surface area contributed by atoms with E-state index in [-0.39, 0.29) is 22.4 Å². The molecule has 2 rings (SSSR count). The Morgan fingerprint density at radius 3 is 2.40 bits per heavy atom. The zero-order valence-electron chi connectivity index (χ0n) is 11.2. The Kier molecular flexibility index (Phi) is 4.08. The van der Waals surface area contributed by atoms with Gasteiger partial charge in [0.05, 0.1) is 16.4 Å². The summed E-state index contributed by atoms with van der Waals surface area (Å²) in [6.45, 7) is 1.68. The quantitative estimate of drug-likeness (QED) is 0.850. The molecule has 112 valence electrons. The van der Waals surface area contributed by atoms with Crippen molar-refractivity contribution in [3.05, 3.63) is 23.8 Å². The number of hydrogen-bond donors (Lipinski definition) is 2. The molecule has 0 radical (unpaired) electrons. The SMILES string of the molecule is Cc1ccc(NC2CCS(=O)(=O)CC2)cc1S(N)(=O)=O. The number of rotatable bonds is 3.